The molecule has 1 unspecified atom stereocenters. The number of hydrogen-bond donors (Lipinski definition) is 1. The zero-order valence-electron chi connectivity index (χ0n) is 9.02. The van der Waals surface area contributed by atoms with Crippen LogP contribution in [0.3, 0.4) is 0 Å². The number of hydrogen-bond acceptors (Lipinski definition) is 5. The largest absolute Gasteiger partial charge is 0.469 e. The number of methoxy groups -OCH3 is 1. The van der Waals surface area contributed by atoms with E-state index in [1.165, 1.54) is 14.0 Å². The Kier molecular flexibility index (Phi) is 4.93. The predicted octanol–water partition coefficient (Wildman–Crippen LogP) is 0.871. The molecule has 0 rings (SSSR count). The van der Waals surface area contributed by atoms with Crippen LogP contribution in [0, 0.1) is 10.1 Å². The standard InChI is InChI=1S/C9H15NO5/c1-4-7(6-10(13)14)9(2,12)5-8(11)15-3/h6,12H,4-5H2,1-3H3/b7-6+. The minimum atomic E-state index is -1.53. The maximum Gasteiger partial charge on any atom is 0.308 e. The van der Waals surface area contributed by atoms with Crippen molar-refractivity contribution >= 4 is 5.97 Å². The fourth-order valence-corrected chi connectivity index (χ4v) is 1.21. The fourth-order valence-electron chi connectivity index (χ4n) is 1.21. The lowest BCUT2D eigenvalue weighted by Crippen LogP contribution is -2.31. The van der Waals surface area contributed by atoms with Crippen molar-refractivity contribution < 1.29 is 19.6 Å². The first-order valence-corrected chi connectivity index (χ1v) is 4.47. The van der Waals surface area contributed by atoms with E-state index in [4.69, 9.17) is 0 Å². The molecule has 0 heterocycles. The van der Waals surface area contributed by atoms with Gasteiger partial charge in [-0.2, -0.15) is 0 Å². The third-order valence-electron chi connectivity index (χ3n) is 2.05. The van der Waals surface area contributed by atoms with Crippen molar-refractivity contribution in [3.05, 3.63) is 21.9 Å². The zero-order chi connectivity index (χ0) is 12.1. The Balaban J connectivity index is 4.81. The van der Waals surface area contributed by atoms with Crippen LogP contribution in [0.4, 0.5) is 0 Å². The van der Waals surface area contributed by atoms with Gasteiger partial charge in [-0.1, -0.05) is 6.92 Å². The molecule has 6 heteroatoms. The van der Waals surface area contributed by atoms with Crippen LogP contribution in [0.1, 0.15) is 26.7 Å². The molecule has 6 nitrogen and oxygen atoms in total. The molecule has 0 amide bonds. The van der Waals surface area contributed by atoms with E-state index in [2.05, 4.69) is 4.74 Å². The first-order valence-electron chi connectivity index (χ1n) is 4.47. The Morgan fingerprint density at radius 1 is 1.67 bits per heavy atom. The van der Waals surface area contributed by atoms with E-state index in [1.54, 1.807) is 6.92 Å². The van der Waals surface area contributed by atoms with Crippen molar-refractivity contribution in [1.29, 1.82) is 0 Å². The summed E-state index contributed by atoms with van der Waals surface area (Å²) in [4.78, 5) is 20.6. The molecule has 0 aromatic rings. The Morgan fingerprint density at radius 3 is 2.53 bits per heavy atom. The van der Waals surface area contributed by atoms with E-state index in [-0.39, 0.29) is 12.0 Å². The molecule has 0 aromatic heterocycles. The third-order valence-corrected chi connectivity index (χ3v) is 2.05. The van der Waals surface area contributed by atoms with Crippen molar-refractivity contribution in [2.24, 2.45) is 0 Å². The second-order valence-corrected chi connectivity index (χ2v) is 3.32. The highest BCUT2D eigenvalue weighted by molar-refractivity contribution is 5.71. The van der Waals surface area contributed by atoms with Gasteiger partial charge in [0.1, 0.15) is 0 Å². The zero-order valence-corrected chi connectivity index (χ0v) is 9.02. The molecule has 0 aliphatic carbocycles. The van der Waals surface area contributed by atoms with Gasteiger partial charge in [0.2, 0.25) is 6.20 Å². The monoisotopic (exact) mass is 217 g/mol. The molecule has 0 aliphatic rings. The molecule has 0 spiro atoms. The highest BCUT2D eigenvalue weighted by Gasteiger charge is 2.30. The molecule has 0 saturated heterocycles. The molecule has 0 saturated carbocycles. The van der Waals surface area contributed by atoms with Gasteiger partial charge < -0.3 is 9.84 Å². The summed E-state index contributed by atoms with van der Waals surface area (Å²) in [6, 6.07) is 0. The summed E-state index contributed by atoms with van der Waals surface area (Å²) in [5, 5.41) is 20.1. The Morgan fingerprint density at radius 2 is 2.20 bits per heavy atom. The quantitative estimate of drug-likeness (QED) is 0.419. The van der Waals surface area contributed by atoms with E-state index in [9.17, 15) is 20.0 Å². The number of aliphatic hydroxyl groups is 1. The summed E-state index contributed by atoms with van der Waals surface area (Å²) in [6.07, 6.45) is 0.727. The van der Waals surface area contributed by atoms with Crippen LogP contribution < -0.4 is 0 Å². The second-order valence-electron chi connectivity index (χ2n) is 3.32. The maximum absolute atomic E-state index is 11.0. The van der Waals surface area contributed by atoms with Crippen LogP contribution in [0.5, 0.6) is 0 Å². The average molecular weight is 217 g/mol. The molecule has 0 fully saturated rings. The van der Waals surface area contributed by atoms with Gasteiger partial charge in [0, 0.05) is 5.57 Å². The second kappa shape index (κ2) is 5.45. The minimum absolute atomic E-state index is 0.193. The van der Waals surface area contributed by atoms with E-state index < -0.39 is 16.5 Å². The number of carbonyl (C=O) groups is 1. The lowest BCUT2D eigenvalue weighted by atomic mass is 9.91. The summed E-state index contributed by atoms with van der Waals surface area (Å²) in [6.45, 7) is 3.02. The summed E-state index contributed by atoms with van der Waals surface area (Å²) >= 11 is 0. The van der Waals surface area contributed by atoms with Gasteiger partial charge >= 0.3 is 5.97 Å². The van der Waals surface area contributed by atoms with Crippen LogP contribution in [0.15, 0.2) is 11.8 Å². The number of ether oxygens (including phenoxy) is 1. The van der Waals surface area contributed by atoms with Crippen LogP contribution in [0.2, 0.25) is 0 Å². The predicted molar refractivity (Wildman–Crippen MR) is 52.6 cm³/mol. The minimum Gasteiger partial charge on any atom is -0.469 e. The van der Waals surface area contributed by atoms with Crippen molar-refractivity contribution in [3.63, 3.8) is 0 Å². The highest BCUT2D eigenvalue weighted by Crippen LogP contribution is 2.23. The van der Waals surface area contributed by atoms with Gasteiger partial charge in [0.05, 0.1) is 24.1 Å². The normalized spacial score (nSPS) is 15.6. The van der Waals surface area contributed by atoms with E-state index in [0.29, 0.717) is 6.42 Å². The maximum atomic E-state index is 11.0. The van der Waals surface area contributed by atoms with Crippen molar-refractivity contribution in [1.82, 2.24) is 0 Å². The lowest BCUT2D eigenvalue weighted by Gasteiger charge is -2.22. The number of rotatable bonds is 5. The smallest absolute Gasteiger partial charge is 0.308 e. The first kappa shape index (κ1) is 13.6. The van der Waals surface area contributed by atoms with Gasteiger partial charge in [-0.15, -0.1) is 0 Å². The summed E-state index contributed by atoms with van der Waals surface area (Å²) in [7, 11) is 1.20. The van der Waals surface area contributed by atoms with Gasteiger partial charge in [-0.05, 0) is 13.3 Å². The number of carbonyl (C=O) groups excluding carboxylic acids is 1. The molecule has 0 aliphatic heterocycles. The topological polar surface area (TPSA) is 89.7 Å². The van der Waals surface area contributed by atoms with Crippen LogP contribution in [-0.2, 0) is 9.53 Å². The Hall–Kier alpha value is -1.43. The number of nitro groups is 1. The molecule has 86 valence electrons. The van der Waals surface area contributed by atoms with Gasteiger partial charge in [-0.3, -0.25) is 14.9 Å². The van der Waals surface area contributed by atoms with Crippen LogP contribution in [-0.4, -0.2) is 28.7 Å². The molecular formula is C9H15NO5. The number of nitrogens with zero attached hydrogens (tertiary/aromatic N) is 1. The van der Waals surface area contributed by atoms with E-state index >= 15 is 0 Å². The lowest BCUT2D eigenvalue weighted by molar-refractivity contribution is -0.404. The third kappa shape index (κ3) is 4.55. The van der Waals surface area contributed by atoms with Gasteiger partial charge in [-0.25, -0.2) is 0 Å². The summed E-state index contributed by atoms with van der Waals surface area (Å²) in [5.74, 6) is -0.609. The Labute approximate surface area is 87.7 Å². The highest BCUT2D eigenvalue weighted by atomic mass is 16.6. The molecule has 0 bridgehead atoms. The van der Waals surface area contributed by atoms with Crippen molar-refractivity contribution in [2.45, 2.75) is 32.3 Å². The molecule has 15 heavy (non-hydrogen) atoms. The average Bonchev–Trinajstić information content (AvgIpc) is 2.12. The molecule has 0 aromatic carbocycles. The molecule has 1 N–H and O–H groups in total. The number of esters is 1. The van der Waals surface area contributed by atoms with E-state index in [0.717, 1.165) is 6.20 Å². The SMILES string of the molecule is CC/C(=C\[N+](=O)[O-])C(C)(O)CC(=O)OC. The molecule has 1 atom stereocenters. The van der Waals surface area contributed by atoms with Gasteiger partial charge in [0.15, 0.2) is 0 Å². The summed E-state index contributed by atoms with van der Waals surface area (Å²) < 4.78 is 4.39. The van der Waals surface area contributed by atoms with Crippen LogP contribution >= 0.6 is 0 Å². The van der Waals surface area contributed by atoms with E-state index in [1.807, 2.05) is 0 Å². The van der Waals surface area contributed by atoms with Crippen molar-refractivity contribution in [2.75, 3.05) is 7.11 Å². The van der Waals surface area contributed by atoms with Crippen molar-refractivity contribution in [3.8, 4) is 0 Å². The molecule has 0 radical (unpaired) electrons. The summed E-state index contributed by atoms with van der Waals surface area (Å²) in [5.41, 5.74) is -1.34. The van der Waals surface area contributed by atoms with Crippen LogP contribution in [0.25, 0.3) is 0 Å². The Bertz CT molecular complexity index is 282. The molecular weight excluding hydrogens is 202 g/mol. The first-order chi connectivity index (χ1) is 6.83. The fraction of sp³-hybridized carbons (Fsp3) is 0.667. The van der Waals surface area contributed by atoms with Gasteiger partial charge in [0.25, 0.3) is 0 Å².